The lowest BCUT2D eigenvalue weighted by atomic mass is 9.99. The van der Waals surface area contributed by atoms with Crippen LogP contribution in [0.2, 0.25) is 0 Å². The van der Waals surface area contributed by atoms with Gasteiger partial charge in [-0.3, -0.25) is 14.5 Å². The Morgan fingerprint density at radius 3 is 2.61 bits per heavy atom. The molecule has 28 heavy (non-hydrogen) atoms. The normalized spacial score (nSPS) is 14.9. The zero-order valence-electron chi connectivity index (χ0n) is 16.0. The molecule has 2 aromatic rings. The molecule has 1 aliphatic heterocycles. The van der Waals surface area contributed by atoms with E-state index in [9.17, 15) is 14.9 Å². The van der Waals surface area contributed by atoms with Crippen molar-refractivity contribution in [3.05, 3.63) is 53.5 Å². The van der Waals surface area contributed by atoms with Crippen LogP contribution in [-0.2, 0) is 17.8 Å². The number of aryl methyl sites for hydroxylation is 1. The number of aromatic amines is 1. The quantitative estimate of drug-likeness (QED) is 0.740. The van der Waals surface area contributed by atoms with Gasteiger partial charge in [0.25, 0.3) is 5.56 Å². The van der Waals surface area contributed by atoms with Crippen molar-refractivity contribution in [3.63, 3.8) is 0 Å². The van der Waals surface area contributed by atoms with Gasteiger partial charge in [0.05, 0.1) is 3.79 Å². The van der Waals surface area contributed by atoms with Crippen molar-refractivity contribution in [1.29, 1.82) is 5.26 Å². The van der Waals surface area contributed by atoms with Crippen molar-refractivity contribution in [1.82, 2.24) is 14.8 Å². The van der Waals surface area contributed by atoms with Crippen molar-refractivity contribution >= 4 is 33.2 Å². The fraction of sp³-hybridized carbons (Fsp3) is 0.450. The number of H-pyrrole nitrogens is 1. The molecule has 1 amide bonds. The van der Waals surface area contributed by atoms with Gasteiger partial charge in [-0.2, -0.15) is 5.26 Å². The Bertz CT molecular complexity index is 968. The standard InChI is InChI=1S/C20H23BrN4O2S/c1-13-16(14(2)23-20(27)17(13)11-22)4-6-19(26)25-9-7-24(8-10-25)12-15-3-5-18(21)28-15/h3,5H,4,6-10,12H2,1-2H3,(H,23,27). The van der Waals surface area contributed by atoms with Gasteiger partial charge in [0.2, 0.25) is 5.91 Å². The van der Waals surface area contributed by atoms with E-state index in [1.165, 1.54) is 4.88 Å². The zero-order chi connectivity index (χ0) is 20.3. The largest absolute Gasteiger partial charge is 0.340 e. The molecule has 0 aliphatic carbocycles. The molecule has 0 radical (unpaired) electrons. The minimum absolute atomic E-state index is 0.127. The number of halogens is 1. The molecule has 1 N–H and O–H groups in total. The summed E-state index contributed by atoms with van der Waals surface area (Å²) in [6.07, 6.45) is 0.919. The van der Waals surface area contributed by atoms with Crippen LogP contribution in [0.5, 0.6) is 0 Å². The van der Waals surface area contributed by atoms with E-state index in [0.717, 1.165) is 47.8 Å². The van der Waals surface area contributed by atoms with Crippen molar-refractivity contribution < 1.29 is 4.79 Å². The minimum Gasteiger partial charge on any atom is -0.340 e. The number of nitrogens with zero attached hydrogens (tertiary/aromatic N) is 3. The Morgan fingerprint density at radius 1 is 1.29 bits per heavy atom. The number of carbonyl (C=O) groups is 1. The first-order valence-electron chi connectivity index (χ1n) is 9.26. The number of carbonyl (C=O) groups excluding carboxylic acids is 1. The number of pyridine rings is 1. The summed E-state index contributed by atoms with van der Waals surface area (Å²) in [7, 11) is 0. The van der Waals surface area contributed by atoms with Crippen LogP contribution in [0, 0.1) is 25.2 Å². The summed E-state index contributed by atoms with van der Waals surface area (Å²) in [5, 5.41) is 9.18. The molecule has 1 fully saturated rings. The maximum atomic E-state index is 12.7. The summed E-state index contributed by atoms with van der Waals surface area (Å²) in [5.74, 6) is 0.127. The Hall–Kier alpha value is -1.95. The van der Waals surface area contributed by atoms with E-state index >= 15 is 0 Å². The van der Waals surface area contributed by atoms with E-state index in [-0.39, 0.29) is 17.0 Å². The fourth-order valence-electron chi connectivity index (χ4n) is 3.62. The Morgan fingerprint density at radius 2 is 2.00 bits per heavy atom. The Labute approximate surface area is 176 Å². The van der Waals surface area contributed by atoms with Crippen LogP contribution in [0.15, 0.2) is 20.7 Å². The van der Waals surface area contributed by atoms with Gasteiger partial charge in [-0.1, -0.05) is 0 Å². The maximum absolute atomic E-state index is 12.7. The minimum atomic E-state index is -0.360. The average molecular weight is 463 g/mol. The Kier molecular flexibility index (Phi) is 6.70. The number of nitrogens with one attached hydrogen (secondary N) is 1. The first-order valence-corrected chi connectivity index (χ1v) is 10.9. The highest BCUT2D eigenvalue weighted by Crippen LogP contribution is 2.23. The molecule has 0 atom stereocenters. The van der Waals surface area contributed by atoms with E-state index in [2.05, 4.69) is 37.9 Å². The van der Waals surface area contributed by atoms with Crippen LogP contribution in [0.3, 0.4) is 0 Å². The van der Waals surface area contributed by atoms with Crippen LogP contribution < -0.4 is 5.56 Å². The molecule has 0 aromatic carbocycles. The van der Waals surface area contributed by atoms with Gasteiger partial charge < -0.3 is 9.88 Å². The first kappa shape index (κ1) is 20.8. The molecule has 0 spiro atoms. The summed E-state index contributed by atoms with van der Waals surface area (Å²) in [5.41, 5.74) is 2.10. The molecule has 0 saturated carbocycles. The van der Waals surface area contributed by atoms with Crippen molar-refractivity contribution in [2.75, 3.05) is 26.2 Å². The van der Waals surface area contributed by atoms with E-state index in [4.69, 9.17) is 0 Å². The van der Waals surface area contributed by atoms with Gasteiger partial charge in [0.15, 0.2) is 0 Å². The number of aromatic nitrogens is 1. The maximum Gasteiger partial charge on any atom is 0.266 e. The van der Waals surface area contributed by atoms with E-state index in [1.54, 1.807) is 18.3 Å². The molecule has 1 saturated heterocycles. The van der Waals surface area contributed by atoms with Crippen LogP contribution >= 0.6 is 27.3 Å². The van der Waals surface area contributed by atoms with Gasteiger partial charge in [-0.05, 0) is 59.5 Å². The number of hydrogen-bond acceptors (Lipinski definition) is 5. The number of piperazine rings is 1. The van der Waals surface area contributed by atoms with Crippen molar-refractivity contribution in [3.8, 4) is 6.07 Å². The third kappa shape index (κ3) is 4.72. The highest BCUT2D eigenvalue weighted by atomic mass is 79.9. The van der Waals surface area contributed by atoms with Gasteiger partial charge in [0.1, 0.15) is 11.6 Å². The summed E-state index contributed by atoms with van der Waals surface area (Å²) in [6, 6.07) is 6.17. The number of rotatable bonds is 5. The molecular weight excluding hydrogens is 440 g/mol. The fourth-order valence-corrected chi connectivity index (χ4v) is 5.15. The van der Waals surface area contributed by atoms with E-state index in [0.29, 0.717) is 18.4 Å². The second-order valence-corrected chi connectivity index (χ2v) is 9.58. The third-order valence-corrected chi connectivity index (χ3v) is 6.85. The van der Waals surface area contributed by atoms with Crippen molar-refractivity contribution in [2.24, 2.45) is 0 Å². The van der Waals surface area contributed by atoms with Crippen LogP contribution in [0.1, 0.15) is 33.7 Å². The Balaban J connectivity index is 1.54. The van der Waals surface area contributed by atoms with Crippen LogP contribution in [-0.4, -0.2) is 46.9 Å². The van der Waals surface area contributed by atoms with Gasteiger partial charge >= 0.3 is 0 Å². The lowest BCUT2D eigenvalue weighted by molar-refractivity contribution is -0.132. The summed E-state index contributed by atoms with van der Waals surface area (Å²) < 4.78 is 1.14. The predicted molar refractivity (Wildman–Crippen MR) is 113 cm³/mol. The lowest BCUT2D eigenvalue weighted by Crippen LogP contribution is -2.48. The van der Waals surface area contributed by atoms with Gasteiger partial charge in [-0.25, -0.2) is 0 Å². The second-order valence-electron chi connectivity index (χ2n) is 7.03. The molecule has 3 rings (SSSR count). The monoisotopic (exact) mass is 462 g/mol. The van der Waals surface area contributed by atoms with E-state index < -0.39 is 0 Å². The first-order chi connectivity index (χ1) is 13.4. The predicted octanol–water partition coefficient (Wildman–Crippen LogP) is 2.96. The number of amides is 1. The topological polar surface area (TPSA) is 80.2 Å². The molecule has 3 heterocycles. The number of thiophene rings is 1. The number of nitriles is 1. The van der Waals surface area contributed by atoms with Crippen LogP contribution in [0.25, 0.3) is 0 Å². The second kappa shape index (κ2) is 9.03. The summed E-state index contributed by atoms with van der Waals surface area (Å²) >= 11 is 5.24. The highest BCUT2D eigenvalue weighted by Gasteiger charge is 2.22. The molecule has 0 unspecified atom stereocenters. The van der Waals surface area contributed by atoms with Gasteiger partial charge in [0, 0.05) is 49.7 Å². The third-order valence-electron chi connectivity index (χ3n) is 5.24. The average Bonchev–Trinajstić information content (AvgIpc) is 3.06. The SMILES string of the molecule is Cc1[nH]c(=O)c(C#N)c(C)c1CCC(=O)N1CCN(Cc2ccc(Br)s2)CC1. The summed E-state index contributed by atoms with van der Waals surface area (Å²) in [6.45, 7) is 7.73. The molecule has 6 nitrogen and oxygen atoms in total. The molecular formula is C20H23BrN4O2S. The molecule has 1 aliphatic rings. The van der Waals surface area contributed by atoms with Crippen LogP contribution in [0.4, 0.5) is 0 Å². The van der Waals surface area contributed by atoms with Crippen molar-refractivity contribution in [2.45, 2.75) is 33.2 Å². The zero-order valence-corrected chi connectivity index (χ0v) is 18.5. The van der Waals surface area contributed by atoms with E-state index in [1.807, 2.05) is 17.9 Å². The highest BCUT2D eigenvalue weighted by molar-refractivity contribution is 9.11. The summed E-state index contributed by atoms with van der Waals surface area (Å²) in [4.78, 5) is 32.8. The molecule has 2 aromatic heterocycles. The lowest BCUT2D eigenvalue weighted by Gasteiger charge is -2.34. The number of hydrogen-bond donors (Lipinski definition) is 1. The molecule has 0 bridgehead atoms. The van der Waals surface area contributed by atoms with Gasteiger partial charge in [-0.15, -0.1) is 11.3 Å². The smallest absolute Gasteiger partial charge is 0.266 e. The molecule has 148 valence electrons. The molecule has 8 heteroatoms.